The van der Waals surface area contributed by atoms with E-state index in [1.165, 1.54) is 0 Å². The summed E-state index contributed by atoms with van der Waals surface area (Å²) in [6.07, 6.45) is -3.42. The van der Waals surface area contributed by atoms with Crippen molar-refractivity contribution < 1.29 is 33.3 Å². The van der Waals surface area contributed by atoms with Crippen LogP contribution in [0.1, 0.15) is 43.0 Å². The van der Waals surface area contributed by atoms with Crippen LogP contribution in [0.25, 0.3) is 0 Å². The number of ketones is 1. The molecule has 0 aliphatic carbocycles. The van der Waals surface area contributed by atoms with Gasteiger partial charge in [0.1, 0.15) is 30.5 Å². The Balaban J connectivity index is 1.62. The van der Waals surface area contributed by atoms with Crippen molar-refractivity contribution in [3.63, 3.8) is 0 Å². The third kappa shape index (κ3) is 13.1. The summed E-state index contributed by atoms with van der Waals surface area (Å²) in [5, 5.41) is 2.82. The zero-order valence-corrected chi connectivity index (χ0v) is 27.4. The Kier molecular flexibility index (Phi) is 14.1. The van der Waals surface area contributed by atoms with E-state index < -0.39 is 30.0 Å². The molecule has 8 nitrogen and oxygen atoms in total. The molecule has 47 heavy (non-hydrogen) atoms. The van der Waals surface area contributed by atoms with Gasteiger partial charge in [0.25, 0.3) is 0 Å². The molecular formula is C39H45NO7. The lowest BCUT2D eigenvalue weighted by Crippen LogP contribution is -2.52. The second kappa shape index (κ2) is 18.7. The van der Waals surface area contributed by atoms with Crippen molar-refractivity contribution in [1.82, 2.24) is 5.32 Å². The van der Waals surface area contributed by atoms with E-state index in [0.29, 0.717) is 0 Å². The summed E-state index contributed by atoms with van der Waals surface area (Å²) in [6.45, 7) is 6.02. The number of benzene rings is 4. The lowest BCUT2D eigenvalue weighted by molar-refractivity contribution is -0.169. The Hall–Kier alpha value is -4.34. The number of carbonyl (C=O) groups excluding carboxylic acids is 2. The highest BCUT2D eigenvalue weighted by Gasteiger charge is 2.38. The molecule has 4 aromatic rings. The van der Waals surface area contributed by atoms with Gasteiger partial charge in [-0.2, -0.15) is 0 Å². The number of hydrogen-bond acceptors (Lipinski definition) is 7. The van der Waals surface area contributed by atoms with E-state index in [2.05, 4.69) is 5.32 Å². The minimum Gasteiger partial charge on any atom is -0.444 e. The molecule has 4 rings (SSSR count). The summed E-state index contributed by atoms with van der Waals surface area (Å²) in [7, 11) is 0. The van der Waals surface area contributed by atoms with E-state index in [1.807, 2.05) is 121 Å². The van der Waals surface area contributed by atoms with E-state index in [9.17, 15) is 9.59 Å². The summed E-state index contributed by atoms with van der Waals surface area (Å²) in [4.78, 5) is 26.8. The van der Waals surface area contributed by atoms with Crippen molar-refractivity contribution >= 4 is 11.9 Å². The average molecular weight is 640 g/mol. The quantitative estimate of drug-likeness (QED) is 0.125. The van der Waals surface area contributed by atoms with Gasteiger partial charge in [0.05, 0.1) is 26.4 Å². The highest BCUT2D eigenvalue weighted by molar-refractivity contribution is 5.85. The molecule has 1 N–H and O–H groups in total. The Morgan fingerprint density at radius 1 is 0.596 bits per heavy atom. The number of carbonyl (C=O) groups is 2. The highest BCUT2D eigenvalue weighted by Crippen LogP contribution is 2.20. The van der Waals surface area contributed by atoms with Crippen molar-refractivity contribution in [3.8, 4) is 0 Å². The van der Waals surface area contributed by atoms with Gasteiger partial charge >= 0.3 is 6.09 Å². The van der Waals surface area contributed by atoms with Crippen molar-refractivity contribution in [1.29, 1.82) is 0 Å². The van der Waals surface area contributed by atoms with Gasteiger partial charge in [-0.15, -0.1) is 0 Å². The molecule has 8 heteroatoms. The smallest absolute Gasteiger partial charge is 0.407 e. The van der Waals surface area contributed by atoms with Gasteiger partial charge in [-0.1, -0.05) is 121 Å². The standard InChI is InChI=1S/C39H45NO7/c1-39(2,3)47-38(42)40-24-35(44-26-31-18-10-5-11-19-31)37(46-28-33-22-14-7-15-23-33)36(45-27-32-20-12-6-13-21-32)34(41)29-43-25-30-16-8-4-9-17-30/h4-23,35-37H,24-29H2,1-3H3,(H,40,42)/t35-,36+,37+/m0/s1. The monoisotopic (exact) mass is 639 g/mol. The molecule has 0 saturated heterocycles. The topological polar surface area (TPSA) is 92.3 Å². The van der Waals surface area contributed by atoms with Crippen molar-refractivity contribution in [2.75, 3.05) is 13.2 Å². The first-order valence-electron chi connectivity index (χ1n) is 15.8. The Morgan fingerprint density at radius 3 is 1.49 bits per heavy atom. The van der Waals surface area contributed by atoms with Gasteiger partial charge in [0.15, 0.2) is 5.78 Å². The number of amides is 1. The first-order chi connectivity index (χ1) is 22.8. The predicted octanol–water partition coefficient (Wildman–Crippen LogP) is 7.05. The SMILES string of the molecule is CC(C)(C)OC(=O)NC[C@H](OCc1ccccc1)[C@@H](OCc1ccccc1)[C@H](OCc1ccccc1)C(=O)COCc1ccccc1. The molecule has 3 atom stereocenters. The predicted molar refractivity (Wildman–Crippen MR) is 180 cm³/mol. The van der Waals surface area contributed by atoms with Crippen LogP contribution in [-0.2, 0) is 54.9 Å². The number of alkyl carbamates (subject to hydrolysis) is 1. The molecule has 1 amide bonds. The normalized spacial score (nSPS) is 13.3. The second-order valence-corrected chi connectivity index (χ2v) is 12.1. The van der Waals surface area contributed by atoms with Crippen LogP contribution in [0.4, 0.5) is 4.79 Å². The highest BCUT2D eigenvalue weighted by atomic mass is 16.6. The van der Waals surface area contributed by atoms with E-state index in [0.717, 1.165) is 22.3 Å². The fourth-order valence-electron chi connectivity index (χ4n) is 4.76. The van der Waals surface area contributed by atoms with Crippen LogP contribution in [0, 0.1) is 0 Å². The molecule has 0 radical (unpaired) electrons. The average Bonchev–Trinajstić information content (AvgIpc) is 3.07. The number of hydrogen-bond donors (Lipinski definition) is 1. The zero-order chi connectivity index (χ0) is 33.3. The van der Waals surface area contributed by atoms with Gasteiger partial charge < -0.3 is 29.0 Å². The molecule has 0 unspecified atom stereocenters. The molecule has 0 spiro atoms. The summed E-state index contributed by atoms with van der Waals surface area (Å²) in [5.74, 6) is -0.305. The fraction of sp³-hybridized carbons (Fsp3) is 0.333. The van der Waals surface area contributed by atoms with Gasteiger partial charge in [-0.3, -0.25) is 4.79 Å². The molecule has 0 heterocycles. The maximum absolute atomic E-state index is 14.0. The minimum atomic E-state index is -1.09. The number of rotatable bonds is 18. The van der Waals surface area contributed by atoms with E-state index in [1.54, 1.807) is 20.8 Å². The number of ether oxygens (including phenoxy) is 5. The number of Topliss-reactive ketones (excluding diaryl/α,β-unsaturated/α-hetero) is 1. The molecule has 0 bridgehead atoms. The van der Waals surface area contributed by atoms with E-state index in [4.69, 9.17) is 23.7 Å². The third-order valence-electron chi connectivity index (χ3n) is 7.05. The third-order valence-corrected chi connectivity index (χ3v) is 7.05. The van der Waals surface area contributed by atoms with Crippen molar-refractivity contribution in [3.05, 3.63) is 144 Å². The van der Waals surface area contributed by atoms with Gasteiger partial charge in [0, 0.05) is 6.54 Å². The van der Waals surface area contributed by atoms with Crippen LogP contribution >= 0.6 is 0 Å². The minimum absolute atomic E-state index is 0.00452. The molecule has 4 aromatic carbocycles. The van der Waals surface area contributed by atoms with E-state index >= 15 is 0 Å². The summed E-state index contributed by atoms with van der Waals surface area (Å²) >= 11 is 0. The van der Waals surface area contributed by atoms with Gasteiger partial charge in [0.2, 0.25) is 0 Å². The second-order valence-electron chi connectivity index (χ2n) is 12.1. The fourth-order valence-corrected chi connectivity index (χ4v) is 4.76. The maximum atomic E-state index is 14.0. The Morgan fingerprint density at radius 2 is 1.02 bits per heavy atom. The molecule has 0 aliphatic heterocycles. The molecule has 0 fully saturated rings. The summed E-state index contributed by atoms with van der Waals surface area (Å²) < 4.78 is 30.7. The van der Waals surface area contributed by atoms with Crippen LogP contribution in [0.15, 0.2) is 121 Å². The Bertz CT molecular complexity index is 1460. The van der Waals surface area contributed by atoms with Crippen LogP contribution < -0.4 is 5.32 Å². The first-order valence-corrected chi connectivity index (χ1v) is 15.8. The molecular weight excluding hydrogens is 594 g/mol. The van der Waals surface area contributed by atoms with Crippen molar-refractivity contribution in [2.24, 2.45) is 0 Å². The van der Waals surface area contributed by atoms with Gasteiger partial charge in [-0.05, 0) is 43.0 Å². The van der Waals surface area contributed by atoms with Crippen LogP contribution in [0.2, 0.25) is 0 Å². The largest absolute Gasteiger partial charge is 0.444 e. The Labute approximate surface area is 278 Å². The van der Waals surface area contributed by atoms with E-state index in [-0.39, 0.29) is 45.4 Å². The van der Waals surface area contributed by atoms with Crippen molar-refractivity contribution in [2.45, 2.75) is 71.1 Å². The van der Waals surface area contributed by atoms with Crippen LogP contribution in [0.3, 0.4) is 0 Å². The lowest BCUT2D eigenvalue weighted by atomic mass is 10.0. The zero-order valence-electron chi connectivity index (χ0n) is 27.4. The molecule has 0 aromatic heterocycles. The number of nitrogens with one attached hydrogen (secondary N) is 1. The maximum Gasteiger partial charge on any atom is 0.407 e. The van der Waals surface area contributed by atoms with Crippen LogP contribution in [0.5, 0.6) is 0 Å². The molecule has 0 aliphatic rings. The molecule has 248 valence electrons. The van der Waals surface area contributed by atoms with Crippen LogP contribution in [-0.4, -0.2) is 48.9 Å². The summed E-state index contributed by atoms with van der Waals surface area (Å²) in [6, 6.07) is 38.6. The first kappa shape index (κ1) is 35.5. The van der Waals surface area contributed by atoms with Gasteiger partial charge in [-0.25, -0.2) is 4.79 Å². The summed E-state index contributed by atoms with van der Waals surface area (Å²) in [5.41, 5.74) is 2.99. The molecule has 0 saturated carbocycles. The lowest BCUT2D eigenvalue weighted by Gasteiger charge is -2.33.